The lowest BCUT2D eigenvalue weighted by atomic mass is 10.5. The van der Waals surface area contributed by atoms with Gasteiger partial charge in [0.15, 0.2) is 12.0 Å². The van der Waals surface area contributed by atoms with Crippen LogP contribution in [0.1, 0.15) is 10.6 Å². The third-order valence-electron chi connectivity index (χ3n) is 0.890. The number of hydrogen-bond donors (Lipinski definition) is 1. The van der Waals surface area contributed by atoms with Crippen molar-refractivity contribution in [3.05, 3.63) is 17.9 Å². The molecule has 0 radical (unpaired) electrons. The van der Waals surface area contributed by atoms with E-state index in [4.69, 9.17) is 4.55 Å². The van der Waals surface area contributed by atoms with Gasteiger partial charge in [-0.3, -0.25) is 9.35 Å². The molecule has 0 bridgehead atoms. The molecule has 0 aliphatic heterocycles. The summed E-state index contributed by atoms with van der Waals surface area (Å²) in [5.74, 6) is 0.0531. The topological polar surface area (TPSA) is 67.5 Å². The summed E-state index contributed by atoms with van der Waals surface area (Å²) in [6, 6.07) is 2.61. The van der Waals surface area contributed by atoms with Crippen molar-refractivity contribution in [1.82, 2.24) is 0 Å². The van der Waals surface area contributed by atoms with Crippen LogP contribution in [0.5, 0.6) is 0 Å². The lowest BCUT2D eigenvalue weighted by Gasteiger charge is -1.82. The second-order valence-corrected chi connectivity index (χ2v) is 2.42. The first-order chi connectivity index (χ1) is 4.74. The van der Waals surface area contributed by atoms with Gasteiger partial charge in [-0.05, 0) is 12.1 Å². The van der Waals surface area contributed by atoms with Crippen molar-refractivity contribution in [2.75, 3.05) is 0 Å². The highest BCUT2D eigenvalue weighted by atomic mass is 32.2. The van der Waals surface area contributed by atoms with E-state index in [2.05, 4.69) is 4.42 Å². The second kappa shape index (κ2) is 2.76. The maximum Gasteiger partial charge on any atom is 0.223 e. The minimum atomic E-state index is -2.14. The first kappa shape index (κ1) is 7.17. The molecule has 1 unspecified atom stereocenters. The van der Waals surface area contributed by atoms with Gasteiger partial charge in [0, 0.05) is 0 Å². The summed E-state index contributed by atoms with van der Waals surface area (Å²) in [6.45, 7) is 0. The normalized spacial score (nSPS) is 12.9. The van der Waals surface area contributed by atoms with E-state index in [-0.39, 0.29) is 10.9 Å². The molecule has 1 aromatic heterocycles. The highest BCUT2D eigenvalue weighted by molar-refractivity contribution is 7.79. The predicted molar refractivity (Wildman–Crippen MR) is 33.1 cm³/mol. The van der Waals surface area contributed by atoms with Crippen LogP contribution in [0.15, 0.2) is 21.6 Å². The molecule has 0 spiro atoms. The van der Waals surface area contributed by atoms with E-state index in [1.54, 1.807) is 0 Å². The van der Waals surface area contributed by atoms with Crippen LogP contribution in [0.4, 0.5) is 0 Å². The van der Waals surface area contributed by atoms with Gasteiger partial charge in [0.25, 0.3) is 0 Å². The zero-order chi connectivity index (χ0) is 7.56. The van der Waals surface area contributed by atoms with Crippen molar-refractivity contribution in [2.45, 2.75) is 5.09 Å². The van der Waals surface area contributed by atoms with Gasteiger partial charge in [0.1, 0.15) is 0 Å². The Hall–Kier alpha value is -0.940. The molecule has 5 heteroatoms. The first-order valence-corrected chi connectivity index (χ1v) is 3.50. The Morgan fingerprint density at radius 1 is 1.60 bits per heavy atom. The van der Waals surface area contributed by atoms with Gasteiger partial charge in [0.05, 0.1) is 0 Å². The standard InChI is InChI=1S/C5H4O4S/c6-3-4-1-2-5(9-4)10(7)8/h1-3H,(H,7,8). The average molecular weight is 160 g/mol. The second-order valence-electron chi connectivity index (χ2n) is 1.52. The maximum absolute atomic E-state index is 10.2. The van der Waals surface area contributed by atoms with Crippen LogP contribution >= 0.6 is 0 Å². The summed E-state index contributed by atoms with van der Waals surface area (Å²) >= 11 is -2.14. The third kappa shape index (κ3) is 1.31. The summed E-state index contributed by atoms with van der Waals surface area (Å²) in [4.78, 5) is 9.97. The van der Waals surface area contributed by atoms with E-state index in [0.717, 1.165) is 0 Å². The molecule has 54 valence electrons. The average Bonchev–Trinajstić information content (AvgIpc) is 2.34. The molecule has 4 nitrogen and oxygen atoms in total. The summed E-state index contributed by atoms with van der Waals surface area (Å²) in [5, 5.41) is -0.109. The Morgan fingerprint density at radius 2 is 2.30 bits per heavy atom. The van der Waals surface area contributed by atoms with Crippen molar-refractivity contribution in [1.29, 1.82) is 0 Å². The van der Waals surface area contributed by atoms with Crippen LogP contribution in [0, 0.1) is 0 Å². The molecular weight excluding hydrogens is 156 g/mol. The Balaban J connectivity index is 2.98. The molecule has 0 aliphatic carbocycles. The minimum absolute atomic E-state index is 0.0531. The Bertz CT molecular complexity index is 264. The fraction of sp³-hybridized carbons (Fsp3) is 0. The molecule has 1 aromatic rings. The van der Waals surface area contributed by atoms with Crippen LogP contribution in [-0.4, -0.2) is 15.0 Å². The first-order valence-electron chi connectivity index (χ1n) is 2.40. The molecule has 1 N–H and O–H groups in total. The number of hydrogen-bond acceptors (Lipinski definition) is 3. The maximum atomic E-state index is 10.2. The Kier molecular flexibility index (Phi) is 1.98. The van der Waals surface area contributed by atoms with Crippen LogP contribution in [0.2, 0.25) is 0 Å². The molecule has 0 saturated carbocycles. The lowest BCUT2D eigenvalue weighted by molar-refractivity contribution is 0.109. The molecule has 0 saturated heterocycles. The molecule has 0 aliphatic rings. The zero-order valence-electron chi connectivity index (χ0n) is 4.81. The van der Waals surface area contributed by atoms with E-state index < -0.39 is 11.1 Å². The third-order valence-corrected chi connectivity index (χ3v) is 1.45. The van der Waals surface area contributed by atoms with Crippen molar-refractivity contribution in [3.63, 3.8) is 0 Å². The van der Waals surface area contributed by atoms with Crippen molar-refractivity contribution in [2.24, 2.45) is 0 Å². The summed E-state index contributed by atoms with van der Waals surface area (Å²) in [6.07, 6.45) is 0.469. The van der Waals surface area contributed by atoms with E-state index >= 15 is 0 Å². The van der Waals surface area contributed by atoms with Gasteiger partial charge in [-0.25, -0.2) is 4.21 Å². The molecule has 0 amide bonds. The zero-order valence-corrected chi connectivity index (χ0v) is 5.63. The SMILES string of the molecule is O=Cc1ccc(S(=O)O)o1. The Morgan fingerprint density at radius 3 is 2.60 bits per heavy atom. The summed E-state index contributed by atoms with van der Waals surface area (Å²) in [5.41, 5.74) is 0. The number of aldehydes is 1. The van der Waals surface area contributed by atoms with Crippen LogP contribution in [-0.2, 0) is 11.1 Å². The molecule has 1 heterocycles. The number of carbonyl (C=O) groups excluding carboxylic acids is 1. The molecule has 0 aromatic carbocycles. The quantitative estimate of drug-likeness (QED) is 0.510. The molecule has 10 heavy (non-hydrogen) atoms. The Labute approximate surface area is 59.1 Å². The number of carbonyl (C=O) groups is 1. The predicted octanol–water partition coefficient (Wildman–Crippen LogP) is 0.673. The highest BCUT2D eigenvalue weighted by Gasteiger charge is 2.04. The summed E-state index contributed by atoms with van der Waals surface area (Å²) in [7, 11) is 0. The van der Waals surface area contributed by atoms with Gasteiger partial charge in [-0.1, -0.05) is 0 Å². The molecule has 1 atom stereocenters. The van der Waals surface area contributed by atoms with Crippen molar-refractivity contribution < 1.29 is 18.0 Å². The largest absolute Gasteiger partial charge is 0.442 e. The van der Waals surface area contributed by atoms with Gasteiger partial charge < -0.3 is 4.42 Å². The minimum Gasteiger partial charge on any atom is -0.442 e. The molecular formula is C5H4O4S. The van der Waals surface area contributed by atoms with Gasteiger partial charge in [-0.2, -0.15) is 0 Å². The molecule has 1 rings (SSSR count). The van der Waals surface area contributed by atoms with Gasteiger partial charge in [-0.15, -0.1) is 0 Å². The monoisotopic (exact) mass is 160 g/mol. The summed E-state index contributed by atoms with van der Waals surface area (Å²) < 4.78 is 23.2. The molecule has 0 fully saturated rings. The van der Waals surface area contributed by atoms with Crippen LogP contribution in [0.3, 0.4) is 0 Å². The van der Waals surface area contributed by atoms with Crippen LogP contribution in [0.25, 0.3) is 0 Å². The van der Waals surface area contributed by atoms with Gasteiger partial charge in [0.2, 0.25) is 16.2 Å². The smallest absolute Gasteiger partial charge is 0.223 e. The van der Waals surface area contributed by atoms with Crippen LogP contribution < -0.4 is 0 Å². The van der Waals surface area contributed by atoms with Crippen molar-refractivity contribution in [3.8, 4) is 0 Å². The fourth-order valence-electron chi connectivity index (χ4n) is 0.492. The number of rotatable bonds is 2. The lowest BCUT2D eigenvalue weighted by Crippen LogP contribution is -1.82. The van der Waals surface area contributed by atoms with E-state index in [9.17, 15) is 9.00 Å². The fourth-order valence-corrected chi connectivity index (χ4v) is 0.844. The number of furan rings is 1. The highest BCUT2D eigenvalue weighted by Crippen LogP contribution is 2.08. The van der Waals surface area contributed by atoms with E-state index in [1.807, 2.05) is 0 Å². The van der Waals surface area contributed by atoms with Crippen molar-refractivity contribution >= 4 is 17.4 Å². The van der Waals surface area contributed by atoms with E-state index in [0.29, 0.717) is 6.29 Å². The van der Waals surface area contributed by atoms with E-state index in [1.165, 1.54) is 12.1 Å². The van der Waals surface area contributed by atoms with Gasteiger partial charge >= 0.3 is 0 Å².